The maximum atomic E-state index is 12.2. The molecule has 5 nitrogen and oxygen atoms in total. The highest BCUT2D eigenvalue weighted by Crippen LogP contribution is 2.42. The van der Waals surface area contributed by atoms with E-state index in [9.17, 15) is 9.59 Å². The highest BCUT2D eigenvalue weighted by atomic mass is 16.4. The molecular formula is C14H16N2O3. The number of hydrogen-bond donors (Lipinski definition) is 1. The molecule has 1 aromatic carbocycles. The molecule has 1 fully saturated rings. The number of carboxylic acids is 1. The monoisotopic (exact) mass is 260 g/mol. The second kappa shape index (κ2) is 3.98. The van der Waals surface area contributed by atoms with Crippen molar-refractivity contribution >= 4 is 23.3 Å². The third kappa shape index (κ3) is 1.77. The first-order chi connectivity index (χ1) is 9.00. The average Bonchev–Trinajstić information content (AvgIpc) is 3.20. The molecule has 100 valence electrons. The summed E-state index contributed by atoms with van der Waals surface area (Å²) < 4.78 is 0. The molecule has 1 saturated carbocycles. The van der Waals surface area contributed by atoms with Gasteiger partial charge in [-0.2, -0.15) is 0 Å². The lowest BCUT2D eigenvalue weighted by molar-refractivity contribution is -0.119. The van der Waals surface area contributed by atoms with E-state index < -0.39 is 5.97 Å². The first-order valence-corrected chi connectivity index (χ1v) is 6.44. The molecule has 2 aliphatic rings. The Labute approximate surface area is 111 Å². The Bertz CT molecular complexity index is 566. The van der Waals surface area contributed by atoms with Crippen LogP contribution >= 0.6 is 0 Å². The van der Waals surface area contributed by atoms with Gasteiger partial charge in [0.25, 0.3) is 0 Å². The number of carboxylic acid groups (broad SMARTS) is 1. The number of fused-ring (bicyclic) bond motifs is 1. The van der Waals surface area contributed by atoms with E-state index in [1.165, 1.54) is 0 Å². The van der Waals surface area contributed by atoms with Crippen molar-refractivity contribution in [3.05, 3.63) is 23.8 Å². The van der Waals surface area contributed by atoms with Crippen LogP contribution in [0.5, 0.6) is 0 Å². The first-order valence-electron chi connectivity index (χ1n) is 6.44. The summed E-state index contributed by atoms with van der Waals surface area (Å²) in [7, 11) is 1.74. The molecule has 1 amide bonds. The van der Waals surface area contributed by atoms with Gasteiger partial charge in [-0.1, -0.05) is 0 Å². The van der Waals surface area contributed by atoms with Crippen LogP contribution in [0, 0.1) is 0 Å². The fourth-order valence-corrected chi connectivity index (χ4v) is 2.74. The zero-order valence-electron chi connectivity index (χ0n) is 11.0. The van der Waals surface area contributed by atoms with Gasteiger partial charge < -0.3 is 14.9 Å². The topological polar surface area (TPSA) is 60.9 Å². The van der Waals surface area contributed by atoms with Gasteiger partial charge in [-0.3, -0.25) is 4.79 Å². The lowest BCUT2D eigenvalue weighted by Gasteiger charge is -2.40. The van der Waals surface area contributed by atoms with Crippen LogP contribution in [0.15, 0.2) is 18.2 Å². The van der Waals surface area contributed by atoms with Gasteiger partial charge in [-0.25, -0.2) is 4.79 Å². The van der Waals surface area contributed by atoms with Crippen molar-refractivity contribution < 1.29 is 14.7 Å². The number of aromatic carboxylic acids is 1. The van der Waals surface area contributed by atoms with Crippen molar-refractivity contribution in [1.29, 1.82) is 0 Å². The van der Waals surface area contributed by atoms with Gasteiger partial charge in [0, 0.05) is 13.1 Å². The molecule has 1 unspecified atom stereocenters. The SMILES string of the molecule is CC1C(=O)N(C)c2ccc(C(=O)O)cc2N1C1CC1. The zero-order valence-corrected chi connectivity index (χ0v) is 11.0. The van der Waals surface area contributed by atoms with Crippen LogP contribution in [-0.2, 0) is 4.79 Å². The molecule has 19 heavy (non-hydrogen) atoms. The minimum absolute atomic E-state index is 0.0578. The molecule has 1 N–H and O–H groups in total. The summed E-state index contributed by atoms with van der Waals surface area (Å²) >= 11 is 0. The van der Waals surface area contributed by atoms with Crippen LogP contribution < -0.4 is 9.80 Å². The molecule has 1 heterocycles. The molecule has 0 bridgehead atoms. The van der Waals surface area contributed by atoms with Crippen LogP contribution in [0.25, 0.3) is 0 Å². The Kier molecular flexibility index (Phi) is 2.52. The van der Waals surface area contributed by atoms with Gasteiger partial charge >= 0.3 is 5.97 Å². The van der Waals surface area contributed by atoms with Crippen molar-refractivity contribution in [2.24, 2.45) is 0 Å². The van der Waals surface area contributed by atoms with Gasteiger partial charge in [0.2, 0.25) is 5.91 Å². The van der Waals surface area contributed by atoms with E-state index in [-0.39, 0.29) is 17.5 Å². The molecule has 1 aromatic rings. The summed E-state index contributed by atoms with van der Waals surface area (Å²) in [5, 5.41) is 9.11. The van der Waals surface area contributed by atoms with Crippen LogP contribution in [0.1, 0.15) is 30.1 Å². The van der Waals surface area contributed by atoms with E-state index in [4.69, 9.17) is 5.11 Å². The van der Waals surface area contributed by atoms with Crippen LogP contribution in [0.4, 0.5) is 11.4 Å². The van der Waals surface area contributed by atoms with Crippen LogP contribution in [-0.4, -0.2) is 36.1 Å². The molecule has 1 atom stereocenters. The normalized spacial score (nSPS) is 22.4. The Morgan fingerprint density at radius 2 is 2.00 bits per heavy atom. The van der Waals surface area contributed by atoms with Crippen molar-refractivity contribution in [2.75, 3.05) is 16.8 Å². The van der Waals surface area contributed by atoms with Crippen LogP contribution in [0.3, 0.4) is 0 Å². The average molecular weight is 260 g/mol. The maximum absolute atomic E-state index is 12.2. The fourth-order valence-electron chi connectivity index (χ4n) is 2.74. The maximum Gasteiger partial charge on any atom is 0.335 e. The summed E-state index contributed by atoms with van der Waals surface area (Å²) in [6, 6.07) is 5.09. The highest BCUT2D eigenvalue weighted by molar-refractivity contribution is 6.06. The number of anilines is 2. The number of carbonyl (C=O) groups excluding carboxylic acids is 1. The Morgan fingerprint density at radius 3 is 2.58 bits per heavy atom. The predicted octanol–water partition coefficient (Wildman–Crippen LogP) is 1.72. The first kappa shape index (κ1) is 12.0. The number of benzene rings is 1. The van der Waals surface area contributed by atoms with Gasteiger partial charge in [0.05, 0.1) is 16.9 Å². The lowest BCUT2D eigenvalue weighted by atomic mass is 10.0. The number of nitrogens with zero attached hydrogens (tertiary/aromatic N) is 2. The molecule has 1 aliphatic heterocycles. The third-order valence-corrected chi connectivity index (χ3v) is 3.91. The number of carbonyl (C=O) groups is 2. The summed E-state index contributed by atoms with van der Waals surface area (Å²) in [5.74, 6) is -0.881. The van der Waals surface area contributed by atoms with Gasteiger partial charge in [0.15, 0.2) is 0 Å². The Morgan fingerprint density at radius 1 is 1.32 bits per heavy atom. The predicted molar refractivity (Wildman–Crippen MR) is 71.8 cm³/mol. The molecule has 3 rings (SSSR count). The zero-order chi connectivity index (χ0) is 13.7. The molecule has 5 heteroatoms. The van der Waals surface area contributed by atoms with Gasteiger partial charge in [0.1, 0.15) is 6.04 Å². The highest BCUT2D eigenvalue weighted by Gasteiger charge is 2.41. The second-order valence-corrected chi connectivity index (χ2v) is 5.22. The molecule has 0 saturated heterocycles. The smallest absolute Gasteiger partial charge is 0.335 e. The minimum Gasteiger partial charge on any atom is -0.478 e. The standard InChI is InChI=1S/C14H16N2O3/c1-8-13(17)15(2)11-6-3-9(14(18)19)7-12(11)16(8)10-4-5-10/h3,6-8,10H,4-5H2,1-2H3,(H,18,19). The van der Waals surface area contributed by atoms with Crippen molar-refractivity contribution in [1.82, 2.24) is 0 Å². The Balaban J connectivity index is 2.14. The van der Waals surface area contributed by atoms with E-state index in [0.29, 0.717) is 6.04 Å². The molecule has 0 aromatic heterocycles. The van der Waals surface area contributed by atoms with E-state index in [1.54, 1.807) is 30.1 Å². The van der Waals surface area contributed by atoms with E-state index in [2.05, 4.69) is 4.90 Å². The quantitative estimate of drug-likeness (QED) is 0.879. The largest absolute Gasteiger partial charge is 0.478 e. The molecule has 0 radical (unpaired) electrons. The summed E-state index contributed by atoms with van der Waals surface area (Å²) in [5.41, 5.74) is 1.91. The number of likely N-dealkylation sites (N-methyl/N-ethyl adjacent to an activating group) is 1. The third-order valence-electron chi connectivity index (χ3n) is 3.91. The van der Waals surface area contributed by atoms with Crippen LogP contribution in [0.2, 0.25) is 0 Å². The molecule has 0 spiro atoms. The number of hydrogen-bond acceptors (Lipinski definition) is 3. The van der Waals surface area contributed by atoms with E-state index in [0.717, 1.165) is 24.2 Å². The lowest BCUT2D eigenvalue weighted by Crippen LogP contribution is -2.51. The van der Waals surface area contributed by atoms with Crippen molar-refractivity contribution in [3.63, 3.8) is 0 Å². The molecule has 1 aliphatic carbocycles. The number of rotatable bonds is 2. The number of amides is 1. The van der Waals surface area contributed by atoms with E-state index in [1.807, 2.05) is 6.92 Å². The summed E-state index contributed by atoms with van der Waals surface area (Å²) in [6.45, 7) is 1.88. The van der Waals surface area contributed by atoms with E-state index >= 15 is 0 Å². The van der Waals surface area contributed by atoms with Gasteiger partial charge in [-0.05, 0) is 38.0 Å². The minimum atomic E-state index is -0.939. The summed E-state index contributed by atoms with van der Waals surface area (Å²) in [6.07, 6.45) is 2.14. The van der Waals surface area contributed by atoms with Gasteiger partial charge in [-0.15, -0.1) is 0 Å². The fraction of sp³-hybridized carbons (Fsp3) is 0.429. The second-order valence-electron chi connectivity index (χ2n) is 5.22. The summed E-state index contributed by atoms with van der Waals surface area (Å²) in [4.78, 5) is 27.0. The molecular weight excluding hydrogens is 244 g/mol. The Hall–Kier alpha value is -2.04. The van der Waals surface area contributed by atoms with Crippen molar-refractivity contribution in [3.8, 4) is 0 Å². The van der Waals surface area contributed by atoms with Crippen molar-refractivity contribution in [2.45, 2.75) is 31.8 Å².